The van der Waals surface area contributed by atoms with E-state index in [9.17, 15) is 43.2 Å². The van der Waals surface area contributed by atoms with E-state index in [4.69, 9.17) is 37.0 Å². The highest BCUT2D eigenvalue weighted by Gasteiger charge is 2.30. The van der Waals surface area contributed by atoms with Crippen molar-refractivity contribution in [2.24, 2.45) is 17.8 Å². The predicted molar refractivity (Wildman–Crippen MR) is 409 cm³/mol. The SMILES string of the molecule is CCCCCCCCCCCCCCCCCC(=O)O[C@H](COC(=O)CCCCCCCCC(C)C)COP(=O)(O)OC[C@H](O)COP(=O)(O)OC[C@@H](COC(=O)CCCCCCCCCCCCCCCCCC(C)C)OC(=O)CCCCCCCCCCCCCCCCCC(C)C. The smallest absolute Gasteiger partial charge is 0.462 e. The number of aliphatic hydroxyl groups is 1. The number of hydrogen-bond donors (Lipinski definition) is 3. The van der Waals surface area contributed by atoms with Crippen molar-refractivity contribution in [3.8, 4) is 0 Å². The molecule has 0 bridgehead atoms. The van der Waals surface area contributed by atoms with Crippen LogP contribution in [0.3, 0.4) is 0 Å². The van der Waals surface area contributed by atoms with Crippen LogP contribution in [0.25, 0.3) is 0 Å². The maximum absolute atomic E-state index is 13.1. The summed E-state index contributed by atoms with van der Waals surface area (Å²) in [5.74, 6) is 0.177. The second-order valence-corrected chi connectivity index (χ2v) is 33.5. The van der Waals surface area contributed by atoms with Crippen molar-refractivity contribution in [1.82, 2.24) is 0 Å². The average Bonchev–Trinajstić information content (AvgIpc) is 0.919. The van der Waals surface area contributed by atoms with Crippen LogP contribution in [0.2, 0.25) is 0 Å². The summed E-state index contributed by atoms with van der Waals surface area (Å²) in [6, 6.07) is 0. The van der Waals surface area contributed by atoms with Gasteiger partial charge in [-0.1, -0.05) is 370 Å². The Bertz CT molecular complexity index is 1940. The monoisotopic (exact) mass is 1470 g/mol. The van der Waals surface area contributed by atoms with Gasteiger partial charge in [0.15, 0.2) is 12.2 Å². The topological polar surface area (TPSA) is 237 Å². The normalized spacial score (nSPS) is 14.0. The van der Waals surface area contributed by atoms with Gasteiger partial charge < -0.3 is 33.8 Å². The molecular weight excluding hydrogens is 1310 g/mol. The lowest BCUT2D eigenvalue weighted by Crippen LogP contribution is -2.30. The minimum Gasteiger partial charge on any atom is -0.462 e. The van der Waals surface area contributed by atoms with Gasteiger partial charge in [0.1, 0.15) is 19.3 Å². The van der Waals surface area contributed by atoms with Crippen LogP contribution in [0, 0.1) is 17.8 Å². The van der Waals surface area contributed by atoms with E-state index in [0.29, 0.717) is 31.6 Å². The molecule has 0 aromatic heterocycles. The first kappa shape index (κ1) is 98.1. The first-order chi connectivity index (χ1) is 48.2. The van der Waals surface area contributed by atoms with Gasteiger partial charge in [-0.3, -0.25) is 37.3 Å². The van der Waals surface area contributed by atoms with E-state index in [-0.39, 0.29) is 25.7 Å². The van der Waals surface area contributed by atoms with Crippen LogP contribution in [0.4, 0.5) is 0 Å². The highest BCUT2D eigenvalue weighted by molar-refractivity contribution is 7.47. The van der Waals surface area contributed by atoms with Crippen molar-refractivity contribution >= 4 is 39.5 Å². The van der Waals surface area contributed by atoms with E-state index in [1.807, 2.05) is 0 Å². The lowest BCUT2D eigenvalue weighted by Gasteiger charge is -2.21. The summed E-state index contributed by atoms with van der Waals surface area (Å²) in [7, 11) is -9.92. The van der Waals surface area contributed by atoms with Gasteiger partial charge in [0, 0.05) is 25.7 Å². The van der Waals surface area contributed by atoms with Crippen LogP contribution in [-0.4, -0.2) is 96.7 Å². The minimum atomic E-state index is -4.96. The molecule has 0 fully saturated rings. The average molecular weight is 1470 g/mol. The number of phosphoric ester groups is 2. The fourth-order valence-electron chi connectivity index (χ4n) is 12.5. The molecule has 0 radical (unpaired) electrons. The Balaban J connectivity index is 5.23. The summed E-state index contributed by atoms with van der Waals surface area (Å²) >= 11 is 0. The highest BCUT2D eigenvalue weighted by Crippen LogP contribution is 2.45. The molecule has 0 saturated carbocycles. The summed E-state index contributed by atoms with van der Waals surface area (Å²) in [6.07, 6.45) is 59.8. The Morgan fingerprint density at radius 2 is 0.460 bits per heavy atom. The van der Waals surface area contributed by atoms with Gasteiger partial charge in [-0.15, -0.1) is 0 Å². The fourth-order valence-corrected chi connectivity index (χ4v) is 14.1. The Morgan fingerprint density at radius 1 is 0.270 bits per heavy atom. The first-order valence-electron chi connectivity index (χ1n) is 41.8. The maximum Gasteiger partial charge on any atom is 0.472 e. The van der Waals surface area contributed by atoms with E-state index in [1.54, 1.807) is 0 Å². The zero-order chi connectivity index (χ0) is 73.7. The van der Waals surface area contributed by atoms with Gasteiger partial charge >= 0.3 is 39.5 Å². The summed E-state index contributed by atoms with van der Waals surface area (Å²) in [4.78, 5) is 73.0. The van der Waals surface area contributed by atoms with Gasteiger partial charge in [-0.2, -0.15) is 0 Å². The van der Waals surface area contributed by atoms with Gasteiger partial charge in [-0.25, -0.2) is 9.13 Å². The zero-order valence-corrected chi connectivity index (χ0v) is 67.5. The summed E-state index contributed by atoms with van der Waals surface area (Å²) in [5, 5.41) is 10.6. The second-order valence-electron chi connectivity index (χ2n) is 30.6. The van der Waals surface area contributed by atoms with Crippen molar-refractivity contribution < 1.29 is 80.2 Å². The van der Waals surface area contributed by atoms with Gasteiger partial charge in [0.25, 0.3) is 0 Å². The van der Waals surface area contributed by atoms with Gasteiger partial charge in [0.05, 0.1) is 26.4 Å². The molecule has 0 amide bonds. The molecular formula is C81H158O17P2. The number of hydrogen-bond acceptors (Lipinski definition) is 15. The van der Waals surface area contributed by atoms with Gasteiger partial charge in [-0.05, 0) is 43.4 Å². The molecule has 0 saturated heterocycles. The van der Waals surface area contributed by atoms with Gasteiger partial charge in [0.2, 0.25) is 0 Å². The summed E-state index contributed by atoms with van der Waals surface area (Å²) in [5.41, 5.74) is 0. The Kier molecular flexibility index (Phi) is 69.9. The second kappa shape index (κ2) is 71.3. The molecule has 0 aliphatic carbocycles. The molecule has 3 N–H and O–H groups in total. The van der Waals surface area contributed by atoms with E-state index in [0.717, 1.165) is 108 Å². The molecule has 19 heteroatoms. The van der Waals surface area contributed by atoms with Crippen molar-refractivity contribution in [3.63, 3.8) is 0 Å². The zero-order valence-electron chi connectivity index (χ0n) is 65.7. The Hall–Kier alpha value is -1.94. The molecule has 0 aromatic rings. The van der Waals surface area contributed by atoms with Crippen LogP contribution < -0.4 is 0 Å². The molecule has 2 unspecified atom stereocenters. The number of esters is 4. The number of aliphatic hydroxyl groups excluding tert-OH is 1. The predicted octanol–water partition coefficient (Wildman–Crippen LogP) is 24.1. The van der Waals surface area contributed by atoms with E-state index >= 15 is 0 Å². The first-order valence-corrected chi connectivity index (χ1v) is 44.8. The third-order valence-electron chi connectivity index (χ3n) is 18.9. The summed E-state index contributed by atoms with van der Waals surface area (Å²) < 4.78 is 68.7. The van der Waals surface area contributed by atoms with Crippen molar-refractivity contribution in [2.45, 2.75) is 439 Å². The number of carbonyl (C=O) groups excluding carboxylic acids is 4. The molecule has 0 rings (SSSR count). The fraction of sp³-hybridized carbons (Fsp3) is 0.951. The van der Waals surface area contributed by atoms with E-state index in [1.165, 1.54) is 225 Å². The number of carbonyl (C=O) groups is 4. The molecule has 0 spiro atoms. The molecule has 0 aliphatic rings. The Morgan fingerprint density at radius 3 is 0.680 bits per heavy atom. The van der Waals surface area contributed by atoms with Crippen LogP contribution in [0.15, 0.2) is 0 Å². The number of ether oxygens (including phenoxy) is 4. The lowest BCUT2D eigenvalue weighted by molar-refractivity contribution is -0.161. The molecule has 0 heterocycles. The quantitative estimate of drug-likeness (QED) is 0.0222. The third-order valence-corrected chi connectivity index (χ3v) is 20.8. The molecule has 0 aliphatic heterocycles. The lowest BCUT2D eigenvalue weighted by atomic mass is 10.0. The summed E-state index contributed by atoms with van der Waals surface area (Å²) in [6.45, 7) is 11.9. The molecule has 5 atom stereocenters. The largest absolute Gasteiger partial charge is 0.472 e. The molecule has 594 valence electrons. The highest BCUT2D eigenvalue weighted by atomic mass is 31.2. The third kappa shape index (κ3) is 74.3. The number of phosphoric acid groups is 2. The van der Waals surface area contributed by atoms with Crippen molar-refractivity contribution in [1.29, 1.82) is 0 Å². The van der Waals surface area contributed by atoms with Crippen molar-refractivity contribution in [3.05, 3.63) is 0 Å². The van der Waals surface area contributed by atoms with E-state index < -0.39 is 97.5 Å². The van der Waals surface area contributed by atoms with Crippen LogP contribution in [-0.2, 0) is 65.4 Å². The minimum absolute atomic E-state index is 0.107. The van der Waals surface area contributed by atoms with Crippen LogP contribution in [0.1, 0.15) is 421 Å². The van der Waals surface area contributed by atoms with Crippen LogP contribution in [0.5, 0.6) is 0 Å². The maximum atomic E-state index is 13.1. The number of unbranched alkanes of at least 4 members (excludes halogenated alkanes) is 47. The molecule has 0 aromatic carbocycles. The molecule has 17 nitrogen and oxygen atoms in total. The van der Waals surface area contributed by atoms with Crippen LogP contribution >= 0.6 is 15.6 Å². The Labute approximate surface area is 613 Å². The van der Waals surface area contributed by atoms with Crippen molar-refractivity contribution in [2.75, 3.05) is 39.6 Å². The standard InChI is InChI=1S/C81H158O17P2/c1-8-9-10-11-12-13-14-15-18-26-31-36-41-50-57-65-81(86)98-77(69-92-79(84)63-56-49-44-43-47-54-61-74(6)7)71-96-100(89,90)94-67-75(82)66-93-99(87,88)95-70-76(97-80(85)64-58-51-42-37-32-27-22-17-20-24-29-34-39-46-53-60-73(4)5)68-91-78(83)62-55-48-40-35-30-25-21-16-19-23-28-33-38-45-52-59-72(2)3/h72-77,82H,8-71H2,1-7H3,(H,87,88)(H,89,90)/t75-,76-,77-/m1/s1. The number of rotatable bonds is 79. The molecule has 100 heavy (non-hydrogen) atoms. The van der Waals surface area contributed by atoms with E-state index in [2.05, 4.69) is 48.5 Å².